The summed E-state index contributed by atoms with van der Waals surface area (Å²) >= 11 is 1.53. The van der Waals surface area contributed by atoms with E-state index in [1.807, 2.05) is 23.6 Å². The Morgan fingerprint density at radius 3 is 2.42 bits per heavy atom. The van der Waals surface area contributed by atoms with Gasteiger partial charge in [0.15, 0.2) is 11.5 Å². The molecule has 0 spiro atoms. The molecule has 4 aromatic rings. The standard InChI is InChI=1S/C22H20N6O2S/c29-21(18-13-19(30-26-18)20-7-4-12-31-20)25-16-14-23-22(24-15-16)28-10-8-27(9-11-28)17-5-2-1-3-6-17/h1-7,12-15H,8-11H2,(H,25,29). The van der Waals surface area contributed by atoms with Crippen molar-refractivity contribution in [2.75, 3.05) is 41.3 Å². The van der Waals surface area contributed by atoms with E-state index in [0.717, 1.165) is 31.1 Å². The number of para-hydroxylation sites is 1. The first kappa shape index (κ1) is 19.3. The first-order chi connectivity index (χ1) is 15.3. The molecule has 1 saturated heterocycles. The van der Waals surface area contributed by atoms with Crippen molar-refractivity contribution >= 4 is 34.6 Å². The van der Waals surface area contributed by atoms with Crippen LogP contribution in [0.2, 0.25) is 0 Å². The summed E-state index contributed by atoms with van der Waals surface area (Å²) in [5.41, 5.74) is 1.96. The molecule has 5 rings (SSSR count). The maximum absolute atomic E-state index is 12.5. The number of benzene rings is 1. The number of anilines is 3. The highest BCUT2D eigenvalue weighted by molar-refractivity contribution is 7.13. The molecule has 8 nitrogen and oxygen atoms in total. The summed E-state index contributed by atoms with van der Waals surface area (Å²) in [6.07, 6.45) is 3.23. The highest BCUT2D eigenvalue weighted by Crippen LogP contribution is 2.25. The lowest BCUT2D eigenvalue weighted by Crippen LogP contribution is -2.47. The highest BCUT2D eigenvalue weighted by atomic mass is 32.1. The number of nitrogens with zero attached hydrogens (tertiary/aromatic N) is 5. The predicted octanol–water partition coefficient (Wildman–Crippen LogP) is 3.77. The number of thiophene rings is 1. The molecule has 4 heterocycles. The van der Waals surface area contributed by atoms with Crippen LogP contribution < -0.4 is 15.1 Å². The van der Waals surface area contributed by atoms with E-state index in [2.05, 4.69) is 54.5 Å². The van der Waals surface area contributed by atoms with Gasteiger partial charge < -0.3 is 19.6 Å². The van der Waals surface area contributed by atoms with E-state index in [-0.39, 0.29) is 11.6 Å². The summed E-state index contributed by atoms with van der Waals surface area (Å²) in [4.78, 5) is 26.7. The van der Waals surface area contributed by atoms with E-state index < -0.39 is 0 Å². The summed E-state index contributed by atoms with van der Waals surface area (Å²) in [5, 5.41) is 8.57. The van der Waals surface area contributed by atoms with Gasteiger partial charge in [0.2, 0.25) is 5.95 Å². The van der Waals surface area contributed by atoms with E-state index in [0.29, 0.717) is 17.4 Å². The van der Waals surface area contributed by atoms with Crippen molar-refractivity contribution in [3.63, 3.8) is 0 Å². The minimum atomic E-state index is -0.362. The molecular weight excluding hydrogens is 412 g/mol. The zero-order valence-electron chi connectivity index (χ0n) is 16.6. The zero-order chi connectivity index (χ0) is 21.0. The van der Waals surface area contributed by atoms with Gasteiger partial charge in [0.25, 0.3) is 5.91 Å². The molecule has 0 unspecified atom stereocenters. The summed E-state index contributed by atoms with van der Waals surface area (Å²) in [6.45, 7) is 3.49. The Balaban J connectivity index is 1.18. The zero-order valence-corrected chi connectivity index (χ0v) is 17.5. The van der Waals surface area contributed by atoms with Gasteiger partial charge in [-0.3, -0.25) is 4.79 Å². The number of carbonyl (C=O) groups is 1. The van der Waals surface area contributed by atoms with Gasteiger partial charge in [0.1, 0.15) is 0 Å². The third-order valence-electron chi connectivity index (χ3n) is 5.09. The van der Waals surface area contributed by atoms with E-state index in [9.17, 15) is 4.79 Å². The van der Waals surface area contributed by atoms with Gasteiger partial charge in [-0.05, 0) is 23.6 Å². The lowest BCUT2D eigenvalue weighted by Gasteiger charge is -2.36. The van der Waals surface area contributed by atoms with Gasteiger partial charge in [-0.25, -0.2) is 9.97 Å². The Kier molecular flexibility index (Phi) is 5.32. The molecule has 156 valence electrons. The molecule has 1 amide bonds. The van der Waals surface area contributed by atoms with Crippen LogP contribution in [-0.2, 0) is 0 Å². The Morgan fingerprint density at radius 1 is 0.968 bits per heavy atom. The molecule has 1 N–H and O–H groups in total. The Labute approximate surface area is 183 Å². The predicted molar refractivity (Wildman–Crippen MR) is 121 cm³/mol. The van der Waals surface area contributed by atoms with Gasteiger partial charge >= 0.3 is 0 Å². The molecule has 31 heavy (non-hydrogen) atoms. The van der Waals surface area contributed by atoms with Crippen LogP contribution in [0.25, 0.3) is 10.6 Å². The Morgan fingerprint density at radius 2 is 1.71 bits per heavy atom. The van der Waals surface area contributed by atoms with Crippen molar-refractivity contribution in [1.29, 1.82) is 0 Å². The van der Waals surface area contributed by atoms with Crippen LogP contribution in [0.5, 0.6) is 0 Å². The quantitative estimate of drug-likeness (QED) is 0.514. The summed E-state index contributed by atoms with van der Waals surface area (Å²) < 4.78 is 5.26. The Hall–Kier alpha value is -3.72. The van der Waals surface area contributed by atoms with Crippen LogP contribution in [-0.4, -0.2) is 47.2 Å². The number of carbonyl (C=O) groups excluding carboxylic acids is 1. The van der Waals surface area contributed by atoms with Gasteiger partial charge in [-0.15, -0.1) is 11.3 Å². The second-order valence-corrected chi connectivity index (χ2v) is 8.04. The minimum Gasteiger partial charge on any atom is -0.368 e. The summed E-state index contributed by atoms with van der Waals surface area (Å²) in [5.74, 6) is 0.868. The second-order valence-electron chi connectivity index (χ2n) is 7.09. The van der Waals surface area contributed by atoms with Crippen LogP contribution in [0.4, 0.5) is 17.3 Å². The van der Waals surface area contributed by atoms with Crippen LogP contribution in [0.15, 0.2) is 70.8 Å². The van der Waals surface area contributed by atoms with Crippen molar-refractivity contribution in [3.05, 3.63) is 72.0 Å². The number of amides is 1. The molecule has 9 heteroatoms. The first-order valence-electron chi connectivity index (χ1n) is 9.95. The van der Waals surface area contributed by atoms with Crippen LogP contribution in [0.3, 0.4) is 0 Å². The van der Waals surface area contributed by atoms with E-state index >= 15 is 0 Å². The fourth-order valence-corrected chi connectivity index (χ4v) is 4.14. The van der Waals surface area contributed by atoms with E-state index in [1.165, 1.54) is 17.0 Å². The van der Waals surface area contributed by atoms with Crippen LogP contribution >= 0.6 is 11.3 Å². The average molecular weight is 433 g/mol. The molecule has 0 radical (unpaired) electrons. The normalized spacial score (nSPS) is 13.9. The molecule has 1 aliphatic rings. The first-order valence-corrected chi connectivity index (χ1v) is 10.8. The number of rotatable bonds is 5. The van der Waals surface area contributed by atoms with E-state index in [1.54, 1.807) is 18.5 Å². The second kappa shape index (κ2) is 8.57. The lowest BCUT2D eigenvalue weighted by atomic mass is 10.2. The van der Waals surface area contributed by atoms with Crippen LogP contribution in [0.1, 0.15) is 10.5 Å². The van der Waals surface area contributed by atoms with Crippen molar-refractivity contribution < 1.29 is 9.32 Å². The summed E-state index contributed by atoms with van der Waals surface area (Å²) in [6, 6.07) is 15.9. The molecule has 1 aliphatic heterocycles. The van der Waals surface area contributed by atoms with Crippen LogP contribution in [0, 0.1) is 0 Å². The van der Waals surface area contributed by atoms with Gasteiger partial charge in [-0.2, -0.15) is 0 Å². The van der Waals surface area contributed by atoms with E-state index in [4.69, 9.17) is 4.52 Å². The maximum atomic E-state index is 12.5. The summed E-state index contributed by atoms with van der Waals surface area (Å²) in [7, 11) is 0. The Bertz CT molecular complexity index is 1140. The molecule has 1 fully saturated rings. The van der Waals surface area contributed by atoms with Gasteiger partial charge in [-0.1, -0.05) is 29.4 Å². The smallest absolute Gasteiger partial charge is 0.277 e. The lowest BCUT2D eigenvalue weighted by molar-refractivity contribution is 0.101. The number of piperazine rings is 1. The number of nitrogens with one attached hydrogen (secondary N) is 1. The minimum absolute atomic E-state index is 0.213. The molecule has 1 aromatic carbocycles. The molecule has 0 saturated carbocycles. The number of hydrogen-bond acceptors (Lipinski definition) is 8. The van der Waals surface area contributed by atoms with Crippen molar-refractivity contribution in [2.45, 2.75) is 0 Å². The van der Waals surface area contributed by atoms with Crippen molar-refractivity contribution in [1.82, 2.24) is 15.1 Å². The molecule has 0 bridgehead atoms. The largest absolute Gasteiger partial charge is 0.368 e. The SMILES string of the molecule is O=C(Nc1cnc(N2CCN(c3ccccc3)CC2)nc1)c1cc(-c2cccs2)on1. The molecular formula is C22H20N6O2S. The van der Waals surface area contributed by atoms with Crippen molar-refractivity contribution in [2.24, 2.45) is 0 Å². The number of hydrogen-bond donors (Lipinski definition) is 1. The average Bonchev–Trinajstić information content (AvgIpc) is 3.53. The van der Waals surface area contributed by atoms with Gasteiger partial charge in [0, 0.05) is 37.9 Å². The molecule has 3 aromatic heterocycles. The third kappa shape index (κ3) is 4.26. The maximum Gasteiger partial charge on any atom is 0.277 e. The fourth-order valence-electron chi connectivity index (χ4n) is 3.46. The number of aromatic nitrogens is 3. The van der Waals surface area contributed by atoms with Gasteiger partial charge in [0.05, 0.1) is 23.0 Å². The van der Waals surface area contributed by atoms with Crippen molar-refractivity contribution in [3.8, 4) is 10.6 Å². The highest BCUT2D eigenvalue weighted by Gasteiger charge is 2.20. The monoisotopic (exact) mass is 432 g/mol. The molecule has 0 aliphatic carbocycles. The molecule has 0 atom stereocenters. The fraction of sp³-hybridized carbons (Fsp3) is 0.182. The topological polar surface area (TPSA) is 87.4 Å². The third-order valence-corrected chi connectivity index (χ3v) is 5.97.